The van der Waals surface area contributed by atoms with Gasteiger partial charge in [0.2, 0.25) is 5.91 Å². The molecule has 2 aliphatic rings. The van der Waals surface area contributed by atoms with Gasteiger partial charge in [0.05, 0.1) is 0 Å². The zero-order chi connectivity index (χ0) is 24.3. The second-order valence-corrected chi connectivity index (χ2v) is 10.7. The summed E-state index contributed by atoms with van der Waals surface area (Å²) in [5.74, 6) is -0.00729. The Labute approximate surface area is 212 Å². The van der Waals surface area contributed by atoms with E-state index in [4.69, 9.17) is 5.73 Å². The minimum absolute atomic E-state index is 0.218. The molecule has 0 radical (unpaired) electrons. The fourth-order valence-electron chi connectivity index (χ4n) is 6.05. The molecule has 2 aromatic carbocycles. The summed E-state index contributed by atoms with van der Waals surface area (Å²) in [7, 11) is 0. The standard InChI is InChI=1S/C31H45N3O/c32-30(35)31(26-14-8-6-9-15-26,27-16-10-7-11-17-27)28-20-24-34(25-21-28)23-13-5-3-1-2-4-12-22-33-29-18-19-29/h6-11,14-17,28-29,33H,1-5,12-13,18-25H2,(H2,32,35). The molecule has 1 saturated heterocycles. The Kier molecular flexibility index (Phi) is 9.79. The van der Waals surface area contributed by atoms with Crippen molar-refractivity contribution in [2.24, 2.45) is 11.7 Å². The van der Waals surface area contributed by atoms with Crippen LogP contribution in [0.15, 0.2) is 60.7 Å². The van der Waals surface area contributed by atoms with Crippen molar-refractivity contribution in [2.45, 2.75) is 82.1 Å². The lowest BCUT2D eigenvalue weighted by Gasteiger charge is -2.43. The summed E-state index contributed by atoms with van der Waals surface area (Å²) >= 11 is 0. The number of rotatable bonds is 15. The molecular weight excluding hydrogens is 430 g/mol. The number of likely N-dealkylation sites (tertiary alicyclic amines) is 1. The molecule has 4 heteroatoms. The summed E-state index contributed by atoms with van der Waals surface area (Å²) in [5, 5.41) is 3.61. The Morgan fingerprint density at radius 2 is 1.29 bits per heavy atom. The van der Waals surface area contributed by atoms with E-state index >= 15 is 0 Å². The first-order valence-corrected chi connectivity index (χ1v) is 14.1. The van der Waals surface area contributed by atoms with Gasteiger partial charge in [-0.1, -0.05) is 92.8 Å². The maximum Gasteiger partial charge on any atom is 0.232 e. The molecule has 1 heterocycles. The minimum atomic E-state index is -0.761. The zero-order valence-corrected chi connectivity index (χ0v) is 21.5. The maximum absolute atomic E-state index is 13.2. The summed E-state index contributed by atoms with van der Waals surface area (Å²) in [4.78, 5) is 15.8. The quantitative estimate of drug-likeness (QED) is 0.327. The predicted molar refractivity (Wildman–Crippen MR) is 145 cm³/mol. The van der Waals surface area contributed by atoms with Crippen LogP contribution in [0.2, 0.25) is 0 Å². The van der Waals surface area contributed by atoms with E-state index in [0.717, 1.165) is 43.1 Å². The van der Waals surface area contributed by atoms with Gasteiger partial charge in [-0.15, -0.1) is 0 Å². The number of unbranched alkanes of at least 4 members (excludes halogenated alkanes) is 6. The summed E-state index contributed by atoms with van der Waals surface area (Å²) in [6.45, 7) is 4.49. The molecule has 1 aliphatic carbocycles. The number of hydrogen-bond acceptors (Lipinski definition) is 3. The molecule has 35 heavy (non-hydrogen) atoms. The number of benzene rings is 2. The smallest absolute Gasteiger partial charge is 0.232 e. The number of piperidine rings is 1. The number of nitrogens with zero attached hydrogens (tertiary/aromatic N) is 1. The molecule has 2 aromatic rings. The largest absolute Gasteiger partial charge is 0.369 e. The molecular formula is C31H45N3O. The maximum atomic E-state index is 13.2. The Morgan fingerprint density at radius 3 is 1.80 bits per heavy atom. The molecule has 4 rings (SSSR count). The highest BCUT2D eigenvalue weighted by Crippen LogP contribution is 2.44. The molecule has 2 fully saturated rings. The van der Waals surface area contributed by atoms with E-state index in [1.807, 2.05) is 36.4 Å². The fraction of sp³-hybridized carbons (Fsp3) is 0.581. The van der Waals surface area contributed by atoms with Crippen molar-refractivity contribution in [3.8, 4) is 0 Å². The van der Waals surface area contributed by atoms with Crippen LogP contribution in [-0.4, -0.2) is 43.0 Å². The first-order chi connectivity index (χ1) is 17.2. The number of hydrogen-bond donors (Lipinski definition) is 2. The third-order valence-corrected chi connectivity index (χ3v) is 8.21. The average Bonchev–Trinajstić information content (AvgIpc) is 3.72. The van der Waals surface area contributed by atoms with Gasteiger partial charge in [0, 0.05) is 6.04 Å². The molecule has 1 aliphatic heterocycles. The molecule has 0 spiro atoms. The molecule has 3 N–H and O–H groups in total. The SMILES string of the molecule is NC(=O)C(c1ccccc1)(c1ccccc1)C1CCN(CCCCCCCCCNC2CC2)CC1. The van der Waals surface area contributed by atoms with Crippen molar-refractivity contribution in [2.75, 3.05) is 26.2 Å². The fourth-order valence-corrected chi connectivity index (χ4v) is 6.05. The van der Waals surface area contributed by atoms with E-state index in [2.05, 4.69) is 34.5 Å². The van der Waals surface area contributed by atoms with Gasteiger partial charge in [0.1, 0.15) is 5.41 Å². The molecule has 4 nitrogen and oxygen atoms in total. The molecule has 0 atom stereocenters. The van der Waals surface area contributed by atoms with E-state index in [0.29, 0.717) is 0 Å². The van der Waals surface area contributed by atoms with E-state index in [1.165, 1.54) is 70.9 Å². The van der Waals surface area contributed by atoms with Gasteiger partial charge in [0.25, 0.3) is 0 Å². The lowest BCUT2D eigenvalue weighted by molar-refractivity contribution is -0.124. The van der Waals surface area contributed by atoms with Crippen LogP contribution in [0.5, 0.6) is 0 Å². The van der Waals surface area contributed by atoms with Crippen LogP contribution >= 0.6 is 0 Å². The molecule has 1 amide bonds. The van der Waals surface area contributed by atoms with E-state index in [-0.39, 0.29) is 11.8 Å². The van der Waals surface area contributed by atoms with Crippen molar-refractivity contribution in [3.63, 3.8) is 0 Å². The van der Waals surface area contributed by atoms with Gasteiger partial charge >= 0.3 is 0 Å². The Bertz CT molecular complexity index is 833. The first kappa shape index (κ1) is 25.9. The van der Waals surface area contributed by atoms with Crippen molar-refractivity contribution < 1.29 is 4.79 Å². The molecule has 0 bridgehead atoms. The van der Waals surface area contributed by atoms with Crippen LogP contribution in [0.1, 0.15) is 81.8 Å². The van der Waals surface area contributed by atoms with E-state index < -0.39 is 5.41 Å². The van der Waals surface area contributed by atoms with Gasteiger partial charge in [-0.05, 0) is 81.7 Å². The number of carbonyl (C=O) groups excluding carboxylic acids is 1. The van der Waals surface area contributed by atoms with E-state index in [1.54, 1.807) is 0 Å². The van der Waals surface area contributed by atoms with Crippen LogP contribution in [0.4, 0.5) is 0 Å². The van der Waals surface area contributed by atoms with Crippen LogP contribution < -0.4 is 11.1 Å². The van der Waals surface area contributed by atoms with Crippen LogP contribution in [0.25, 0.3) is 0 Å². The highest BCUT2D eigenvalue weighted by atomic mass is 16.1. The van der Waals surface area contributed by atoms with Crippen molar-refractivity contribution in [3.05, 3.63) is 71.8 Å². The summed E-state index contributed by atoms with van der Waals surface area (Å²) < 4.78 is 0. The number of nitrogens with one attached hydrogen (secondary N) is 1. The van der Waals surface area contributed by atoms with Crippen molar-refractivity contribution in [1.29, 1.82) is 0 Å². The first-order valence-electron chi connectivity index (χ1n) is 14.1. The molecule has 190 valence electrons. The summed E-state index contributed by atoms with van der Waals surface area (Å²) in [5.41, 5.74) is 7.52. The van der Waals surface area contributed by atoms with Crippen LogP contribution in [0, 0.1) is 5.92 Å². The Morgan fingerprint density at radius 1 is 0.771 bits per heavy atom. The number of primary amides is 1. The van der Waals surface area contributed by atoms with Gasteiger partial charge in [0.15, 0.2) is 0 Å². The summed E-state index contributed by atoms with van der Waals surface area (Å²) in [6, 6.07) is 21.3. The lowest BCUT2D eigenvalue weighted by atomic mass is 9.62. The molecule has 0 aromatic heterocycles. The molecule has 0 unspecified atom stereocenters. The topological polar surface area (TPSA) is 58.4 Å². The highest BCUT2D eigenvalue weighted by Gasteiger charge is 2.47. The van der Waals surface area contributed by atoms with E-state index in [9.17, 15) is 4.79 Å². The van der Waals surface area contributed by atoms with Crippen molar-refractivity contribution in [1.82, 2.24) is 10.2 Å². The second kappa shape index (κ2) is 13.2. The van der Waals surface area contributed by atoms with Gasteiger partial charge in [-0.2, -0.15) is 0 Å². The minimum Gasteiger partial charge on any atom is -0.369 e. The van der Waals surface area contributed by atoms with Gasteiger partial charge in [-0.25, -0.2) is 0 Å². The Hall–Kier alpha value is -2.17. The third-order valence-electron chi connectivity index (χ3n) is 8.21. The highest BCUT2D eigenvalue weighted by molar-refractivity contribution is 5.91. The number of carbonyl (C=O) groups is 1. The summed E-state index contributed by atoms with van der Waals surface area (Å²) in [6.07, 6.45) is 14.2. The predicted octanol–water partition coefficient (Wildman–Crippen LogP) is 5.65. The third kappa shape index (κ3) is 6.95. The van der Waals surface area contributed by atoms with Gasteiger partial charge < -0.3 is 16.0 Å². The van der Waals surface area contributed by atoms with Gasteiger partial charge in [-0.3, -0.25) is 4.79 Å². The zero-order valence-electron chi connectivity index (χ0n) is 21.5. The number of amides is 1. The lowest BCUT2D eigenvalue weighted by Crippen LogP contribution is -2.51. The average molecular weight is 476 g/mol. The molecule has 1 saturated carbocycles. The van der Waals surface area contributed by atoms with Crippen LogP contribution in [-0.2, 0) is 10.2 Å². The number of nitrogens with two attached hydrogens (primary N) is 1. The normalized spacial score (nSPS) is 17.5. The monoisotopic (exact) mass is 475 g/mol. The second-order valence-electron chi connectivity index (χ2n) is 10.7. The van der Waals surface area contributed by atoms with Crippen LogP contribution in [0.3, 0.4) is 0 Å². The van der Waals surface area contributed by atoms with Crippen molar-refractivity contribution >= 4 is 5.91 Å². The Balaban J connectivity index is 1.23.